The van der Waals surface area contributed by atoms with Crippen LogP contribution in [0.15, 0.2) is 0 Å². The number of carboxylic acid groups (broad SMARTS) is 1. The van der Waals surface area contributed by atoms with Crippen molar-refractivity contribution in [2.24, 2.45) is 11.8 Å². The maximum Gasteiger partial charge on any atom is 0.303 e. The fraction of sp³-hybridized carbons (Fsp3) is 0.833. The van der Waals surface area contributed by atoms with Crippen LogP contribution in [0.1, 0.15) is 39.5 Å². The number of carboxylic acids is 1. The first-order valence-corrected chi connectivity index (χ1v) is 5.86. The Hall–Kier alpha value is -0.900. The Bertz CT molecular complexity index is 260. The van der Waals surface area contributed by atoms with Gasteiger partial charge in [-0.25, -0.2) is 0 Å². The standard InChI is InChI=1S/C12H20O4/c1-8(2)7-16-12-9(6-11(14)15)4-3-5-10(12)13/h8-9,12H,3-7H2,1-2H3,(H,14,15)/t9-,12-/m1/s1. The number of Topliss-reactive ketones (excluding diaryl/α,β-unsaturated/α-hetero) is 1. The van der Waals surface area contributed by atoms with Crippen LogP contribution in [0.25, 0.3) is 0 Å². The smallest absolute Gasteiger partial charge is 0.303 e. The molecule has 1 rings (SSSR count). The fourth-order valence-corrected chi connectivity index (χ4v) is 2.05. The highest BCUT2D eigenvalue weighted by atomic mass is 16.5. The molecule has 0 unspecified atom stereocenters. The molecule has 0 saturated heterocycles. The quantitative estimate of drug-likeness (QED) is 0.780. The number of carbonyl (C=O) groups excluding carboxylic acids is 1. The monoisotopic (exact) mass is 228 g/mol. The van der Waals surface area contributed by atoms with E-state index in [0.29, 0.717) is 18.9 Å². The van der Waals surface area contributed by atoms with Crippen molar-refractivity contribution in [3.63, 3.8) is 0 Å². The molecule has 0 bridgehead atoms. The van der Waals surface area contributed by atoms with E-state index in [4.69, 9.17) is 9.84 Å². The van der Waals surface area contributed by atoms with Crippen molar-refractivity contribution in [3.8, 4) is 0 Å². The second-order valence-corrected chi connectivity index (χ2v) is 4.86. The van der Waals surface area contributed by atoms with Crippen LogP contribution in [0.5, 0.6) is 0 Å². The van der Waals surface area contributed by atoms with E-state index in [2.05, 4.69) is 0 Å². The summed E-state index contributed by atoms with van der Waals surface area (Å²) in [6.45, 7) is 4.55. The largest absolute Gasteiger partial charge is 0.481 e. The Labute approximate surface area is 96.0 Å². The van der Waals surface area contributed by atoms with E-state index in [1.165, 1.54) is 0 Å². The molecule has 4 heteroatoms. The molecular weight excluding hydrogens is 208 g/mol. The van der Waals surface area contributed by atoms with E-state index in [9.17, 15) is 9.59 Å². The average molecular weight is 228 g/mol. The van der Waals surface area contributed by atoms with Gasteiger partial charge in [0.05, 0.1) is 6.42 Å². The van der Waals surface area contributed by atoms with Gasteiger partial charge in [0.25, 0.3) is 0 Å². The molecule has 16 heavy (non-hydrogen) atoms. The first-order chi connectivity index (χ1) is 7.50. The SMILES string of the molecule is CC(C)CO[C@H]1C(=O)CCC[C@@H]1CC(=O)O. The predicted octanol–water partition coefficient (Wildman–Crippen LogP) is 1.87. The molecule has 0 heterocycles. The molecule has 4 nitrogen and oxygen atoms in total. The number of aliphatic carboxylic acids is 1. The summed E-state index contributed by atoms with van der Waals surface area (Å²) in [5.74, 6) is -0.561. The maximum atomic E-state index is 11.7. The molecule has 1 fully saturated rings. The number of rotatable bonds is 5. The molecule has 92 valence electrons. The van der Waals surface area contributed by atoms with Crippen LogP contribution in [0.3, 0.4) is 0 Å². The molecule has 0 aromatic carbocycles. The van der Waals surface area contributed by atoms with Gasteiger partial charge in [0.15, 0.2) is 5.78 Å². The van der Waals surface area contributed by atoms with Crippen molar-refractivity contribution in [1.29, 1.82) is 0 Å². The molecule has 0 amide bonds. The van der Waals surface area contributed by atoms with E-state index in [1.807, 2.05) is 13.8 Å². The number of ether oxygens (including phenoxy) is 1. The van der Waals surface area contributed by atoms with Crippen LogP contribution in [0, 0.1) is 11.8 Å². The van der Waals surface area contributed by atoms with E-state index in [0.717, 1.165) is 12.8 Å². The summed E-state index contributed by atoms with van der Waals surface area (Å²) < 4.78 is 5.56. The van der Waals surface area contributed by atoms with Crippen molar-refractivity contribution >= 4 is 11.8 Å². The summed E-state index contributed by atoms with van der Waals surface area (Å²) in [5, 5.41) is 8.78. The van der Waals surface area contributed by atoms with Crippen LogP contribution in [0.2, 0.25) is 0 Å². The van der Waals surface area contributed by atoms with Gasteiger partial charge < -0.3 is 9.84 Å². The fourth-order valence-electron chi connectivity index (χ4n) is 2.05. The second kappa shape index (κ2) is 5.99. The van der Waals surface area contributed by atoms with E-state index in [-0.39, 0.29) is 18.1 Å². The molecule has 0 aromatic rings. The lowest BCUT2D eigenvalue weighted by Crippen LogP contribution is -2.38. The Morgan fingerprint density at radius 1 is 1.56 bits per heavy atom. The van der Waals surface area contributed by atoms with Gasteiger partial charge in [0.2, 0.25) is 0 Å². The van der Waals surface area contributed by atoms with Crippen LogP contribution < -0.4 is 0 Å². The summed E-state index contributed by atoms with van der Waals surface area (Å²) in [5.41, 5.74) is 0. The molecular formula is C12H20O4. The Morgan fingerprint density at radius 2 is 2.25 bits per heavy atom. The Balaban J connectivity index is 2.56. The third-order valence-electron chi connectivity index (χ3n) is 2.79. The second-order valence-electron chi connectivity index (χ2n) is 4.86. The normalized spacial score (nSPS) is 26.1. The van der Waals surface area contributed by atoms with Crippen LogP contribution in [-0.4, -0.2) is 29.6 Å². The van der Waals surface area contributed by atoms with Gasteiger partial charge in [0.1, 0.15) is 6.10 Å². The minimum atomic E-state index is -0.849. The van der Waals surface area contributed by atoms with Gasteiger partial charge in [-0.1, -0.05) is 13.8 Å². The number of ketones is 1. The van der Waals surface area contributed by atoms with Gasteiger partial charge in [0, 0.05) is 18.9 Å². The van der Waals surface area contributed by atoms with Crippen LogP contribution in [-0.2, 0) is 14.3 Å². The van der Waals surface area contributed by atoms with Gasteiger partial charge in [-0.15, -0.1) is 0 Å². The summed E-state index contributed by atoms with van der Waals surface area (Å²) in [6, 6.07) is 0. The van der Waals surface area contributed by atoms with Gasteiger partial charge in [-0.2, -0.15) is 0 Å². The van der Waals surface area contributed by atoms with Crippen molar-refractivity contribution < 1.29 is 19.4 Å². The maximum absolute atomic E-state index is 11.7. The molecule has 2 atom stereocenters. The van der Waals surface area contributed by atoms with E-state index >= 15 is 0 Å². The summed E-state index contributed by atoms with van der Waals surface area (Å²) in [7, 11) is 0. The Kier molecular flexibility index (Phi) is 4.93. The molecule has 0 aromatic heterocycles. The van der Waals surface area contributed by atoms with Crippen LogP contribution in [0.4, 0.5) is 0 Å². The number of hydrogen-bond acceptors (Lipinski definition) is 3. The molecule has 1 saturated carbocycles. The third kappa shape index (κ3) is 3.93. The minimum absolute atomic E-state index is 0.0362. The van der Waals surface area contributed by atoms with Crippen molar-refractivity contribution in [2.45, 2.75) is 45.6 Å². The predicted molar refractivity (Wildman–Crippen MR) is 59.2 cm³/mol. The molecule has 1 N–H and O–H groups in total. The number of hydrogen-bond donors (Lipinski definition) is 1. The molecule has 1 aliphatic carbocycles. The summed E-state index contributed by atoms with van der Waals surface area (Å²) in [6.07, 6.45) is 1.64. The lowest BCUT2D eigenvalue weighted by Gasteiger charge is -2.29. The zero-order valence-corrected chi connectivity index (χ0v) is 9.94. The van der Waals surface area contributed by atoms with Gasteiger partial charge in [-0.3, -0.25) is 9.59 Å². The molecule has 0 spiro atoms. The van der Waals surface area contributed by atoms with E-state index < -0.39 is 12.1 Å². The summed E-state index contributed by atoms with van der Waals surface area (Å²) >= 11 is 0. The average Bonchev–Trinajstić information content (AvgIpc) is 2.15. The first-order valence-electron chi connectivity index (χ1n) is 5.86. The summed E-state index contributed by atoms with van der Waals surface area (Å²) in [4.78, 5) is 22.4. The Morgan fingerprint density at radius 3 is 2.81 bits per heavy atom. The van der Waals surface area contributed by atoms with Crippen molar-refractivity contribution in [1.82, 2.24) is 0 Å². The molecule has 0 aliphatic heterocycles. The highest BCUT2D eigenvalue weighted by molar-refractivity contribution is 5.84. The third-order valence-corrected chi connectivity index (χ3v) is 2.79. The molecule has 1 aliphatic rings. The highest BCUT2D eigenvalue weighted by Crippen LogP contribution is 2.27. The van der Waals surface area contributed by atoms with Gasteiger partial charge in [-0.05, 0) is 18.8 Å². The zero-order valence-electron chi connectivity index (χ0n) is 9.94. The van der Waals surface area contributed by atoms with Crippen molar-refractivity contribution in [3.05, 3.63) is 0 Å². The highest BCUT2D eigenvalue weighted by Gasteiger charge is 2.33. The van der Waals surface area contributed by atoms with Crippen molar-refractivity contribution in [2.75, 3.05) is 6.61 Å². The van der Waals surface area contributed by atoms with E-state index in [1.54, 1.807) is 0 Å². The minimum Gasteiger partial charge on any atom is -0.481 e. The first kappa shape index (κ1) is 13.2. The zero-order chi connectivity index (χ0) is 12.1. The van der Waals surface area contributed by atoms with Crippen LogP contribution >= 0.6 is 0 Å². The lowest BCUT2D eigenvalue weighted by molar-refractivity contribution is -0.145. The number of carbonyl (C=O) groups is 2. The lowest BCUT2D eigenvalue weighted by atomic mass is 9.83. The van der Waals surface area contributed by atoms with Gasteiger partial charge >= 0.3 is 5.97 Å². The molecule has 0 radical (unpaired) electrons. The topological polar surface area (TPSA) is 63.6 Å².